The van der Waals surface area contributed by atoms with E-state index in [1.807, 2.05) is 0 Å². The zero-order chi connectivity index (χ0) is 16.6. The normalized spacial score (nSPS) is 19.9. The minimum absolute atomic E-state index is 0.245. The first-order valence-electron chi connectivity index (χ1n) is 6.99. The second-order valence-electron chi connectivity index (χ2n) is 5.42. The molecule has 118 valence electrons. The number of aryl methyl sites for hydroxylation is 1. The van der Waals surface area contributed by atoms with Gasteiger partial charge >= 0.3 is 0 Å². The van der Waals surface area contributed by atoms with E-state index in [1.165, 1.54) is 18.4 Å². The second-order valence-corrected chi connectivity index (χ2v) is 5.83. The Morgan fingerprint density at radius 2 is 2.22 bits per heavy atom. The van der Waals surface area contributed by atoms with E-state index in [9.17, 15) is 14.7 Å². The van der Waals surface area contributed by atoms with Crippen molar-refractivity contribution < 1.29 is 19.1 Å². The van der Waals surface area contributed by atoms with Crippen LogP contribution >= 0.6 is 11.6 Å². The number of ketones is 1. The topological polar surface area (TPSA) is 79.5 Å². The highest BCUT2D eigenvalue weighted by molar-refractivity contribution is 6.33. The van der Waals surface area contributed by atoms with Crippen molar-refractivity contribution in [1.82, 2.24) is 0 Å². The molecule has 23 heavy (non-hydrogen) atoms. The van der Waals surface area contributed by atoms with Crippen molar-refractivity contribution in [3.05, 3.63) is 58.5 Å². The molecule has 0 spiro atoms. The van der Waals surface area contributed by atoms with Crippen LogP contribution in [0.4, 0.5) is 5.69 Å². The van der Waals surface area contributed by atoms with Gasteiger partial charge in [0.25, 0.3) is 5.91 Å². The van der Waals surface area contributed by atoms with Crippen molar-refractivity contribution in [2.24, 2.45) is 0 Å². The van der Waals surface area contributed by atoms with Crippen molar-refractivity contribution in [3.63, 3.8) is 0 Å². The maximum atomic E-state index is 12.2. The molecule has 0 aliphatic carbocycles. The van der Waals surface area contributed by atoms with E-state index in [0.717, 1.165) is 5.56 Å². The van der Waals surface area contributed by atoms with E-state index < -0.39 is 23.7 Å². The number of anilines is 1. The first-order valence-corrected chi connectivity index (χ1v) is 7.37. The fourth-order valence-electron chi connectivity index (χ4n) is 2.62. The van der Waals surface area contributed by atoms with Crippen molar-refractivity contribution in [2.45, 2.75) is 18.9 Å². The van der Waals surface area contributed by atoms with Gasteiger partial charge in [0.2, 0.25) is 0 Å². The Morgan fingerprint density at radius 3 is 2.91 bits per heavy atom. The molecule has 0 unspecified atom stereocenters. The van der Waals surface area contributed by atoms with Gasteiger partial charge in [-0.2, -0.15) is 0 Å². The van der Waals surface area contributed by atoms with Gasteiger partial charge in [-0.25, -0.2) is 0 Å². The first-order chi connectivity index (χ1) is 10.9. The summed E-state index contributed by atoms with van der Waals surface area (Å²) in [5.41, 5.74) is -0.479. The fourth-order valence-corrected chi connectivity index (χ4v) is 2.93. The van der Waals surface area contributed by atoms with Gasteiger partial charge in [0, 0.05) is 10.6 Å². The highest BCUT2D eigenvalue weighted by Crippen LogP contribution is 2.44. The Balaban J connectivity index is 1.90. The number of nitrogens with one attached hydrogen (secondary N) is 1. The maximum absolute atomic E-state index is 12.2. The van der Waals surface area contributed by atoms with Crippen LogP contribution in [0.3, 0.4) is 0 Å². The summed E-state index contributed by atoms with van der Waals surface area (Å²) in [6, 6.07) is 6.73. The molecule has 1 aromatic heterocycles. The number of hydrogen-bond acceptors (Lipinski definition) is 4. The smallest absolute Gasteiger partial charge is 0.261 e. The Bertz CT molecular complexity index is 810. The predicted molar refractivity (Wildman–Crippen MR) is 86.1 cm³/mol. The van der Waals surface area contributed by atoms with Crippen LogP contribution in [0.25, 0.3) is 6.08 Å². The molecule has 2 heterocycles. The molecule has 1 atom stereocenters. The molecular weight excluding hydrogens is 318 g/mol. The van der Waals surface area contributed by atoms with Gasteiger partial charge in [-0.3, -0.25) is 9.59 Å². The third-order valence-corrected chi connectivity index (χ3v) is 4.11. The van der Waals surface area contributed by atoms with Gasteiger partial charge in [0.1, 0.15) is 5.76 Å². The number of rotatable bonds is 4. The van der Waals surface area contributed by atoms with Crippen LogP contribution in [-0.4, -0.2) is 16.8 Å². The van der Waals surface area contributed by atoms with Crippen molar-refractivity contribution >= 4 is 35.1 Å². The average Bonchev–Trinajstić information content (AvgIpc) is 3.09. The highest BCUT2D eigenvalue weighted by Gasteiger charge is 2.48. The summed E-state index contributed by atoms with van der Waals surface area (Å²) in [6.07, 6.45) is 3.84. The van der Waals surface area contributed by atoms with E-state index in [0.29, 0.717) is 11.4 Å². The van der Waals surface area contributed by atoms with Gasteiger partial charge in [0.05, 0.1) is 18.4 Å². The molecule has 1 amide bonds. The van der Waals surface area contributed by atoms with Crippen molar-refractivity contribution in [2.75, 3.05) is 5.32 Å². The molecule has 0 saturated heterocycles. The minimum Gasteiger partial charge on any atom is -0.465 e. The summed E-state index contributed by atoms with van der Waals surface area (Å²) in [5, 5.41) is 13.6. The van der Waals surface area contributed by atoms with Crippen LogP contribution in [0.2, 0.25) is 5.02 Å². The molecule has 1 aliphatic rings. The molecule has 0 saturated carbocycles. The molecule has 3 rings (SSSR count). The van der Waals surface area contributed by atoms with Crippen LogP contribution in [0, 0.1) is 6.92 Å². The second kappa shape index (κ2) is 5.68. The van der Waals surface area contributed by atoms with E-state index in [1.54, 1.807) is 31.2 Å². The molecule has 0 bridgehead atoms. The first kappa shape index (κ1) is 15.5. The molecular formula is C17H14ClNO4. The number of furan rings is 1. The van der Waals surface area contributed by atoms with Gasteiger partial charge in [-0.15, -0.1) is 0 Å². The molecule has 0 radical (unpaired) electrons. The van der Waals surface area contributed by atoms with Crippen LogP contribution < -0.4 is 5.32 Å². The van der Waals surface area contributed by atoms with E-state index in [-0.39, 0.29) is 10.6 Å². The lowest BCUT2D eigenvalue weighted by molar-refractivity contribution is -0.138. The third-order valence-electron chi connectivity index (χ3n) is 3.80. The molecule has 2 aromatic rings. The zero-order valence-electron chi connectivity index (χ0n) is 12.3. The number of amides is 1. The summed E-state index contributed by atoms with van der Waals surface area (Å²) >= 11 is 6.14. The molecule has 0 fully saturated rings. The van der Waals surface area contributed by atoms with Crippen molar-refractivity contribution in [3.8, 4) is 0 Å². The van der Waals surface area contributed by atoms with Crippen LogP contribution in [0.1, 0.15) is 23.3 Å². The Hall–Kier alpha value is -2.37. The number of fused-ring (bicyclic) bond motifs is 1. The molecule has 1 aromatic carbocycles. The quantitative estimate of drug-likeness (QED) is 0.844. The van der Waals surface area contributed by atoms with E-state index >= 15 is 0 Å². The monoisotopic (exact) mass is 331 g/mol. The number of hydrogen-bond donors (Lipinski definition) is 2. The highest BCUT2D eigenvalue weighted by atomic mass is 35.5. The van der Waals surface area contributed by atoms with Crippen LogP contribution in [0.5, 0.6) is 0 Å². The van der Waals surface area contributed by atoms with Gasteiger partial charge in [-0.1, -0.05) is 17.7 Å². The number of allylic oxidation sites excluding steroid dienone is 1. The van der Waals surface area contributed by atoms with Crippen LogP contribution in [0.15, 0.2) is 41.0 Å². The number of benzene rings is 1. The Labute approximate surface area is 137 Å². The molecule has 2 N–H and O–H groups in total. The standard InChI is InChI=1S/C17H14ClNO4/c1-10-4-7-13(18)14-15(10)19-16(21)17(14,22)9-11(20)5-6-12-3-2-8-23-12/h2-8,22H,9H2,1H3,(H,19,21)/b6-5+/t17-/m1/s1. The maximum Gasteiger partial charge on any atom is 0.261 e. The van der Waals surface area contributed by atoms with E-state index in [4.69, 9.17) is 16.0 Å². The summed E-state index contributed by atoms with van der Waals surface area (Å²) in [6.45, 7) is 1.79. The van der Waals surface area contributed by atoms with Crippen LogP contribution in [-0.2, 0) is 15.2 Å². The largest absolute Gasteiger partial charge is 0.465 e. The third kappa shape index (κ3) is 2.69. The lowest BCUT2D eigenvalue weighted by atomic mass is 9.89. The summed E-state index contributed by atoms with van der Waals surface area (Å²) in [5.74, 6) is -0.552. The molecule has 5 nitrogen and oxygen atoms in total. The lowest BCUT2D eigenvalue weighted by Crippen LogP contribution is -2.36. The Kier molecular flexibility index (Phi) is 3.83. The Morgan fingerprint density at radius 1 is 1.43 bits per heavy atom. The summed E-state index contributed by atoms with van der Waals surface area (Å²) < 4.78 is 5.09. The zero-order valence-corrected chi connectivity index (χ0v) is 13.1. The van der Waals surface area contributed by atoms with Gasteiger partial charge in [0.15, 0.2) is 11.4 Å². The summed E-state index contributed by atoms with van der Waals surface area (Å²) in [7, 11) is 0. The summed E-state index contributed by atoms with van der Waals surface area (Å²) in [4.78, 5) is 24.4. The number of aliphatic hydroxyl groups is 1. The number of carbonyl (C=O) groups excluding carboxylic acids is 2. The molecule has 1 aliphatic heterocycles. The van der Waals surface area contributed by atoms with Gasteiger partial charge < -0.3 is 14.8 Å². The average molecular weight is 332 g/mol. The minimum atomic E-state index is -1.97. The predicted octanol–water partition coefficient (Wildman–Crippen LogP) is 3.05. The molecule has 6 heteroatoms. The lowest BCUT2D eigenvalue weighted by Gasteiger charge is -2.20. The number of carbonyl (C=O) groups is 2. The fraction of sp³-hybridized carbons (Fsp3) is 0.176. The number of halogens is 1. The van der Waals surface area contributed by atoms with E-state index in [2.05, 4.69) is 5.32 Å². The van der Waals surface area contributed by atoms with Gasteiger partial charge in [-0.05, 0) is 42.8 Å². The SMILES string of the molecule is Cc1ccc(Cl)c2c1NC(=O)[C@@]2(O)CC(=O)/C=C/c1ccco1. The van der Waals surface area contributed by atoms with Crippen molar-refractivity contribution in [1.29, 1.82) is 0 Å².